The molecule has 132 valence electrons. The van der Waals surface area contributed by atoms with Gasteiger partial charge in [-0.15, -0.1) is 0 Å². The topological polar surface area (TPSA) is 78.3 Å². The van der Waals surface area contributed by atoms with Gasteiger partial charge in [-0.3, -0.25) is 4.79 Å². The summed E-state index contributed by atoms with van der Waals surface area (Å²) in [7, 11) is 0. The van der Waals surface area contributed by atoms with Crippen LogP contribution in [0.1, 0.15) is 47.6 Å². The molecular formula is C18H22N4O3. The fourth-order valence-corrected chi connectivity index (χ4v) is 3.23. The lowest BCUT2D eigenvalue weighted by Crippen LogP contribution is -2.32. The summed E-state index contributed by atoms with van der Waals surface area (Å²) < 4.78 is 13.0. The van der Waals surface area contributed by atoms with E-state index in [1.54, 1.807) is 12.4 Å². The van der Waals surface area contributed by atoms with Gasteiger partial charge in [0.15, 0.2) is 11.5 Å². The summed E-state index contributed by atoms with van der Waals surface area (Å²) in [5.41, 5.74) is 1.48. The zero-order valence-corrected chi connectivity index (χ0v) is 14.5. The quantitative estimate of drug-likeness (QED) is 0.902. The molecule has 1 aliphatic heterocycles. The van der Waals surface area contributed by atoms with Crippen LogP contribution in [0.2, 0.25) is 0 Å². The number of rotatable bonds is 5. The lowest BCUT2D eigenvalue weighted by Gasteiger charge is -2.22. The van der Waals surface area contributed by atoms with Gasteiger partial charge in [0.1, 0.15) is 25.4 Å². The van der Waals surface area contributed by atoms with Crippen molar-refractivity contribution in [3.63, 3.8) is 0 Å². The number of carbonyl (C=O) groups excluding carboxylic acids is 1. The summed E-state index contributed by atoms with van der Waals surface area (Å²) in [5.74, 6) is 2.47. The maximum absolute atomic E-state index is 12.9. The highest BCUT2D eigenvalue weighted by molar-refractivity contribution is 5.96. The number of hydrogen-bond acceptors (Lipinski definition) is 5. The minimum absolute atomic E-state index is 0.109. The average Bonchev–Trinajstić information content (AvgIpc) is 3.35. The first-order valence-electron chi connectivity index (χ1n) is 8.76. The Morgan fingerprint density at radius 1 is 1.32 bits per heavy atom. The van der Waals surface area contributed by atoms with E-state index in [2.05, 4.69) is 15.4 Å². The van der Waals surface area contributed by atoms with E-state index in [0.29, 0.717) is 36.2 Å². The first kappa shape index (κ1) is 15.9. The first-order valence-corrected chi connectivity index (χ1v) is 8.76. The van der Waals surface area contributed by atoms with Crippen molar-refractivity contribution in [3.05, 3.63) is 35.4 Å². The number of hydrogen-bond donors (Lipinski definition) is 1. The highest BCUT2D eigenvalue weighted by atomic mass is 16.6. The van der Waals surface area contributed by atoms with Crippen molar-refractivity contribution in [2.45, 2.75) is 39.3 Å². The van der Waals surface area contributed by atoms with Crippen LogP contribution in [0, 0.1) is 12.8 Å². The van der Waals surface area contributed by atoms with Gasteiger partial charge in [0, 0.05) is 12.1 Å². The lowest BCUT2D eigenvalue weighted by atomic mass is 10.0. The molecule has 7 heteroatoms. The maximum atomic E-state index is 12.9. The molecule has 4 rings (SSSR count). The first-order chi connectivity index (χ1) is 12.2. The van der Waals surface area contributed by atoms with E-state index in [9.17, 15) is 4.79 Å². The normalized spacial score (nSPS) is 17.2. The molecule has 0 saturated heterocycles. The Kier molecular flexibility index (Phi) is 4.07. The highest BCUT2D eigenvalue weighted by Gasteiger charge is 2.36. The van der Waals surface area contributed by atoms with Crippen LogP contribution in [0.5, 0.6) is 11.5 Å². The van der Waals surface area contributed by atoms with Crippen LogP contribution >= 0.6 is 0 Å². The number of nitrogens with one attached hydrogen (secondary N) is 1. The van der Waals surface area contributed by atoms with Crippen LogP contribution in [0.15, 0.2) is 18.5 Å². The van der Waals surface area contributed by atoms with Crippen molar-refractivity contribution in [1.82, 2.24) is 20.1 Å². The van der Waals surface area contributed by atoms with Gasteiger partial charge in [0.2, 0.25) is 0 Å². The number of nitrogens with zero attached hydrogens (tertiary/aromatic N) is 3. The average molecular weight is 342 g/mol. The van der Waals surface area contributed by atoms with Gasteiger partial charge < -0.3 is 14.8 Å². The van der Waals surface area contributed by atoms with E-state index >= 15 is 0 Å². The van der Waals surface area contributed by atoms with E-state index in [1.807, 2.05) is 24.6 Å². The summed E-state index contributed by atoms with van der Waals surface area (Å²) in [4.78, 5) is 17.3. The molecule has 1 saturated carbocycles. The van der Waals surface area contributed by atoms with Gasteiger partial charge in [-0.25, -0.2) is 9.67 Å². The second-order valence-electron chi connectivity index (χ2n) is 6.53. The van der Waals surface area contributed by atoms with Gasteiger partial charge >= 0.3 is 0 Å². The van der Waals surface area contributed by atoms with Crippen molar-refractivity contribution in [1.29, 1.82) is 0 Å². The Labute approximate surface area is 146 Å². The van der Waals surface area contributed by atoms with Gasteiger partial charge in [-0.05, 0) is 50.3 Å². The number of aromatic nitrogens is 3. The van der Waals surface area contributed by atoms with E-state index in [-0.39, 0.29) is 11.9 Å². The third-order valence-corrected chi connectivity index (χ3v) is 4.74. The minimum atomic E-state index is -0.114. The zero-order chi connectivity index (χ0) is 17.4. The third kappa shape index (κ3) is 3.06. The molecule has 1 atom stereocenters. The highest BCUT2D eigenvalue weighted by Crippen LogP contribution is 2.41. The Morgan fingerprint density at radius 2 is 2.04 bits per heavy atom. The number of fused-ring (bicyclic) bond motifs is 1. The van der Waals surface area contributed by atoms with E-state index in [1.165, 1.54) is 0 Å². The molecule has 0 bridgehead atoms. The molecule has 1 fully saturated rings. The Morgan fingerprint density at radius 3 is 2.72 bits per heavy atom. The van der Waals surface area contributed by atoms with Crippen LogP contribution in [-0.2, 0) is 6.54 Å². The number of aryl methyl sites for hydroxylation is 2. The fourth-order valence-electron chi connectivity index (χ4n) is 3.23. The molecular weight excluding hydrogens is 320 g/mol. The molecule has 1 N–H and O–H groups in total. The van der Waals surface area contributed by atoms with Crippen molar-refractivity contribution < 1.29 is 14.3 Å². The van der Waals surface area contributed by atoms with Gasteiger partial charge in [-0.1, -0.05) is 0 Å². The summed E-state index contributed by atoms with van der Waals surface area (Å²) in [6.45, 7) is 5.70. The van der Waals surface area contributed by atoms with Crippen LogP contribution in [-0.4, -0.2) is 33.9 Å². The molecule has 1 aromatic carbocycles. The summed E-state index contributed by atoms with van der Waals surface area (Å²) in [5, 5.41) is 7.40. The molecule has 0 spiro atoms. The van der Waals surface area contributed by atoms with E-state index in [4.69, 9.17) is 9.47 Å². The summed E-state index contributed by atoms with van der Waals surface area (Å²) >= 11 is 0. The molecule has 1 aromatic heterocycles. The van der Waals surface area contributed by atoms with Crippen molar-refractivity contribution >= 4 is 5.91 Å². The smallest absolute Gasteiger partial charge is 0.252 e. The third-order valence-electron chi connectivity index (χ3n) is 4.74. The molecule has 2 heterocycles. The Hall–Kier alpha value is -2.57. The van der Waals surface area contributed by atoms with Crippen LogP contribution < -0.4 is 14.8 Å². The molecule has 2 aromatic rings. The standard InChI is InChI=1S/C18H22N4O3/c1-3-22-17(19-10-20-22)16(12-4-5-12)21-18(23)13-9-15-14(8-11(13)2)24-6-7-25-15/h8-10,12,16H,3-7H2,1-2H3,(H,21,23)/t16-/m1/s1. The Balaban J connectivity index is 1.60. The van der Waals surface area contributed by atoms with Crippen molar-refractivity contribution in [2.75, 3.05) is 13.2 Å². The second-order valence-corrected chi connectivity index (χ2v) is 6.53. The molecule has 2 aliphatic rings. The molecule has 25 heavy (non-hydrogen) atoms. The number of amides is 1. The molecule has 0 radical (unpaired) electrons. The van der Waals surface area contributed by atoms with Gasteiger partial charge in [0.25, 0.3) is 5.91 Å². The number of carbonyl (C=O) groups is 1. The summed E-state index contributed by atoms with van der Waals surface area (Å²) in [6, 6.07) is 3.53. The molecule has 7 nitrogen and oxygen atoms in total. The fraction of sp³-hybridized carbons (Fsp3) is 0.500. The molecule has 1 aliphatic carbocycles. The van der Waals surface area contributed by atoms with Crippen LogP contribution in [0.25, 0.3) is 0 Å². The largest absolute Gasteiger partial charge is 0.486 e. The van der Waals surface area contributed by atoms with Crippen LogP contribution in [0.3, 0.4) is 0 Å². The summed E-state index contributed by atoms with van der Waals surface area (Å²) in [6.07, 6.45) is 3.75. The maximum Gasteiger partial charge on any atom is 0.252 e. The predicted octanol–water partition coefficient (Wildman–Crippen LogP) is 2.26. The molecule has 0 unspecified atom stereocenters. The number of ether oxygens (including phenoxy) is 2. The zero-order valence-electron chi connectivity index (χ0n) is 14.5. The van der Waals surface area contributed by atoms with Gasteiger partial charge in [0.05, 0.1) is 6.04 Å². The minimum Gasteiger partial charge on any atom is -0.486 e. The van der Waals surface area contributed by atoms with Gasteiger partial charge in [-0.2, -0.15) is 5.10 Å². The van der Waals surface area contributed by atoms with Crippen molar-refractivity contribution in [2.24, 2.45) is 5.92 Å². The monoisotopic (exact) mass is 342 g/mol. The van der Waals surface area contributed by atoms with E-state index in [0.717, 1.165) is 30.8 Å². The lowest BCUT2D eigenvalue weighted by molar-refractivity contribution is 0.0926. The second kappa shape index (κ2) is 6.38. The predicted molar refractivity (Wildman–Crippen MR) is 90.8 cm³/mol. The van der Waals surface area contributed by atoms with Crippen molar-refractivity contribution in [3.8, 4) is 11.5 Å². The SMILES string of the molecule is CCn1ncnc1[C@H](NC(=O)c1cc2c(cc1C)OCCO2)C1CC1. The number of benzene rings is 1. The Bertz CT molecular complexity index is 798. The van der Waals surface area contributed by atoms with E-state index < -0.39 is 0 Å². The van der Waals surface area contributed by atoms with Crippen LogP contribution in [0.4, 0.5) is 0 Å². The molecule has 1 amide bonds.